The molecule has 1 heterocycles. The number of aryl methyl sites for hydroxylation is 1. The number of aromatic carboxylic acids is 1. The van der Waals surface area contributed by atoms with Gasteiger partial charge in [-0.3, -0.25) is 19.8 Å². The summed E-state index contributed by atoms with van der Waals surface area (Å²) in [6, 6.07) is 19.3. The minimum Gasteiger partial charge on any atom is -0.488 e. The van der Waals surface area contributed by atoms with Crippen LogP contribution in [-0.4, -0.2) is 28.0 Å². The van der Waals surface area contributed by atoms with Crippen molar-refractivity contribution in [1.29, 1.82) is 0 Å². The number of hydrogen-bond donors (Lipinski definition) is 2. The van der Waals surface area contributed by atoms with Gasteiger partial charge in [-0.2, -0.15) is 0 Å². The lowest BCUT2D eigenvalue weighted by Crippen LogP contribution is -2.54. The van der Waals surface area contributed by atoms with Crippen LogP contribution in [0.1, 0.15) is 34.0 Å². The predicted molar refractivity (Wildman–Crippen MR) is 149 cm³/mol. The summed E-state index contributed by atoms with van der Waals surface area (Å²) < 4.78 is 6.66. The van der Waals surface area contributed by atoms with Gasteiger partial charge in [0.15, 0.2) is 5.11 Å². The lowest BCUT2D eigenvalue weighted by Gasteiger charge is -2.29. The highest BCUT2D eigenvalue weighted by Crippen LogP contribution is 2.26. The highest BCUT2D eigenvalue weighted by molar-refractivity contribution is 14.1. The Morgan fingerprint density at radius 1 is 1.06 bits per heavy atom. The second-order valence-corrected chi connectivity index (χ2v) is 9.51. The molecule has 1 aliphatic rings. The smallest absolute Gasteiger partial charge is 0.335 e. The Bertz CT molecular complexity index is 1380. The molecular formula is C27H21IN2O5S. The molecule has 2 amide bonds. The van der Waals surface area contributed by atoms with Crippen molar-refractivity contribution in [3.05, 3.63) is 98.1 Å². The topological polar surface area (TPSA) is 95.9 Å². The van der Waals surface area contributed by atoms with E-state index in [9.17, 15) is 14.4 Å². The van der Waals surface area contributed by atoms with E-state index < -0.39 is 17.8 Å². The molecule has 182 valence electrons. The van der Waals surface area contributed by atoms with Crippen molar-refractivity contribution in [3.8, 4) is 5.75 Å². The lowest BCUT2D eigenvalue weighted by molar-refractivity contribution is -0.122. The van der Waals surface area contributed by atoms with E-state index in [1.54, 1.807) is 24.3 Å². The first kappa shape index (κ1) is 25.5. The predicted octanol–water partition coefficient (Wildman–Crippen LogP) is 4.96. The number of anilines is 1. The number of carboxylic acid groups (broad SMARTS) is 1. The van der Waals surface area contributed by atoms with Crippen LogP contribution in [0.5, 0.6) is 5.75 Å². The summed E-state index contributed by atoms with van der Waals surface area (Å²) in [5, 5.41) is 11.7. The molecule has 0 saturated carbocycles. The van der Waals surface area contributed by atoms with E-state index in [2.05, 4.69) is 27.9 Å². The maximum absolute atomic E-state index is 13.2. The van der Waals surface area contributed by atoms with Crippen LogP contribution in [0.15, 0.2) is 72.3 Å². The Labute approximate surface area is 226 Å². The number of halogens is 1. The van der Waals surface area contributed by atoms with Crippen LogP contribution in [0.2, 0.25) is 0 Å². The Hall–Kier alpha value is -3.57. The van der Waals surface area contributed by atoms with Gasteiger partial charge in [0.1, 0.15) is 17.9 Å². The second kappa shape index (κ2) is 11.0. The summed E-state index contributed by atoms with van der Waals surface area (Å²) >= 11 is 7.39. The quantitative estimate of drug-likeness (QED) is 0.170. The number of carbonyl (C=O) groups excluding carboxylic acids is 2. The van der Waals surface area contributed by atoms with E-state index >= 15 is 0 Å². The van der Waals surface area contributed by atoms with Gasteiger partial charge in [-0.15, -0.1) is 0 Å². The number of thiocarbonyl (C=S) groups is 1. The van der Waals surface area contributed by atoms with Crippen LogP contribution < -0.4 is 15.0 Å². The number of hydrogen-bond acceptors (Lipinski definition) is 5. The monoisotopic (exact) mass is 612 g/mol. The standard InChI is InChI=1S/C27H21IN2O5S/c1-2-16-5-10-20(11-6-16)30-25(32)21(24(31)29-27(30)36)13-18-7-12-23(22(28)14-18)35-15-17-3-8-19(9-4-17)26(33)34/h3-14H,2,15H2,1H3,(H,33,34)(H,29,31,36)/b21-13+. The third-order valence-electron chi connectivity index (χ3n) is 5.57. The fraction of sp³-hybridized carbons (Fsp3) is 0.111. The van der Waals surface area contributed by atoms with Crippen molar-refractivity contribution in [2.45, 2.75) is 20.0 Å². The number of amides is 2. The van der Waals surface area contributed by atoms with Crippen molar-refractivity contribution in [1.82, 2.24) is 5.32 Å². The summed E-state index contributed by atoms with van der Waals surface area (Å²) in [6.07, 6.45) is 2.40. The first-order valence-electron chi connectivity index (χ1n) is 11.0. The number of carbonyl (C=O) groups is 3. The molecule has 0 radical (unpaired) electrons. The average molecular weight is 612 g/mol. The molecular weight excluding hydrogens is 591 g/mol. The number of carboxylic acids is 1. The maximum Gasteiger partial charge on any atom is 0.335 e. The molecule has 1 saturated heterocycles. The number of nitrogens with one attached hydrogen (secondary N) is 1. The SMILES string of the molecule is CCc1ccc(N2C(=O)/C(=C/c3ccc(OCc4ccc(C(=O)O)cc4)c(I)c3)C(=O)NC2=S)cc1. The van der Waals surface area contributed by atoms with Gasteiger partial charge in [0, 0.05) is 0 Å². The fourth-order valence-electron chi connectivity index (χ4n) is 3.57. The Kier molecular flexibility index (Phi) is 7.80. The number of ether oxygens (including phenoxy) is 1. The van der Waals surface area contributed by atoms with Crippen LogP contribution in [0.3, 0.4) is 0 Å². The van der Waals surface area contributed by atoms with E-state index in [-0.39, 0.29) is 22.9 Å². The van der Waals surface area contributed by atoms with Gasteiger partial charge in [-0.05, 0) is 100 Å². The molecule has 1 fully saturated rings. The molecule has 1 aliphatic heterocycles. The number of benzene rings is 3. The van der Waals surface area contributed by atoms with Gasteiger partial charge in [-0.1, -0.05) is 37.3 Å². The molecule has 9 heteroatoms. The van der Waals surface area contributed by atoms with Crippen molar-refractivity contribution in [2.75, 3.05) is 4.90 Å². The van der Waals surface area contributed by atoms with Crippen molar-refractivity contribution in [2.24, 2.45) is 0 Å². The largest absolute Gasteiger partial charge is 0.488 e. The molecule has 0 aromatic heterocycles. The van der Waals surface area contributed by atoms with E-state index in [0.717, 1.165) is 21.1 Å². The van der Waals surface area contributed by atoms with E-state index in [1.807, 2.05) is 37.3 Å². The molecule has 3 aromatic rings. The Morgan fingerprint density at radius 2 is 1.72 bits per heavy atom. The molecule has 0 spiro atoms. The highest BCUT2D eigenvalue weighted by Gasteiger charge is 2.34. The third-order valence-corrected chi connectivity index (χ3v) is 6.69. The minimum atomic E-state index is -0.980. The van der Waals surface area contributed by atoms with Crippen LogP contribution >= 0.6 is 34.8 Å². The van der Waals surface area contributed by atoms with E-state index in [4.69, 9.17) is 22.1 Å². The molecule has 2 N–H and O–H groups in total. The minimum absolute atomic E-state index is 0.0221. The number of nitrogens with zero attached hydrogens (tertiary/aromatic N) is 1. The van der Waals surface area contributed by atoms with Gasteiger partial charge in [0.25, 0.3) is 11.8 Å². The summed E-state index contributed by atoms with van der Waals surface area (Å²) in [7, 11) is 0. The fourth-order valence-corrected chi connectivity index (χ4v) is 4.54. The molecule has 0 bridgehead atoms. The molecule has 0 aliphatic carbocycles. The second-order valence-electron chi connectivity index (χ2n) is 7.96. The molecule has 0 atom stereocenters. The average Bonchev–Trinajstić information content (AvgIpc) is 2.86. The van der Waals surface area contributed by atoms with E-state index in [0.29, 0.717) is 17.0 Å². The summed E-state index contributed by atoms with van der Waals surface area (Å²) in [5.74, 6) is -1.40. The number of rotatable bonds is 7. The molecule has 36 heavy (non-hydrogen) atoms. The van der Waals surface area contributed by atoms with Crippen LogP contribution in [-0.2, 0) is 22.6 Å². The lowest BCUT2D eigenvalue weighted by atomic mass is 10.1. The normalized spacial score (nSPS) is 14.7. The van der Waals surface area contributed by atoms with Gasteiger partial charge < -0.3 is 9.84 Å². The van der Waals surface area contributed by atoms with Gasteiger partial charge in [-0.25, -0.2) is 4.79 Å². The summed E-state index contributed by atoms with van der Waals surface area (Å²) in [6.45, 7) is 2.31. The maximum atomic E-state index is 13.2. The first-order chi connectivity index (χ1) is 17.3. The van der Waals surface area contributed by atoms with Crippen LogP contribution in [0.25, 0.3) is 6.08 Å². The first-order valence-corrected chi connectivity index (χ1v) is 12.5. The van der Waals surface area contributed by atoms with E-state index in [1.165, 1.54) is 23.1 Å². The third kappa shape index (κ3) is 5.63. The Balaban J connectivity index is 1.52. The summed E-state index contributed by atoms with van der Waals surface area (Å²) in [5.41, 5.74) is 3.39. The Morgan fingerprint density at radius 3 is 2.33 bits per heavy atom. The van der Waals surface area contributed by atoms with Gasteiger partial charge in [0.05, 0.1) is 14.8 Å². The van der Waals surface area contributed by atoms with Crippen molar-refractivity contribution < 1.29 is 24.2 Å². The summed E-state index contributed by atoms with van der Waals surface area (Å²) in [4.78, 5) is 38.1. The van der Waals surface area contributed by atoms with Gasteiger partial charge in [0.2, 0.25) is 0 Å². The zero-order valence-corrected chi connectivity index (χ0v) is 22.1. The van der Waals surface area contributed by atoms with Crippen molar-refractivity contribution in [3.63, 3.8) is 0 Å². The zero-order valence-electron chi connectivity index (χ0n) is 19.2. The molecule has 3 aromatic carbocycles. The van der Waals surface area contributed by atoms with Crippen molar-refractivity contribution >= 4 is 69.5 Å². The molecule has 7 nitrogen and oxygen atoms in total. The van der Waals surface area contributed by atoms with Gasteiger partial charge >= 0.3 is 5.97 Å². The van der Waals surface area contributed by atoms with Crippen LogP contribution in [0, 0.1) is 3.57 Å². The zero-order chi connectivity index (χ0) is 25.8. The molecule has 4 rings (SSSR count). The van der Waals surface area contributed by atoms with Crippen LogP contribution in [0.4, 0.5) is 5.69 Å². The molecule has 0 unspecified atom stereocenters. The highest BCUT2D eigenvalue weighted by atomic mass is 127.